The Morgan fingerprint density at radius 2 is 1.22 bits per heavy atom. The van der Waals surface area contributed by atoms with Crippen molar-refractivity contribution in [3.63, 3.8) is 0 Å². The molecule has 0 heterocycles. The van der Waals surface area contributed by atoms with Gasteiger partial charge in [-0.25, -0.2) is 0 Å². The van der Waals surface area contributed by atoms with Crippen LogP contribution in [0.15, 0.2) is 0 Å². The van der Waals surface area contributed by atoms with Crippen LogP contribution in [0.2, 0.25) is 4.59 Å². The van der Waals surface area contributed by atoms with E-state index in [4.69, 9.17) is 10.2 Å². The average molecular weight is 280 g/mol. The zero-order valence-electron chi connectivity index (χ0n) is 11.8. The number of carboxylic acid groups (broad SMARTS) is 2. The second kappa shape index (κ2) is 23.3. The molecule has 4 nitrogen and oxygen atoms in total. The Balaban J connectivity index is -0.0000000823. The van der Waals surface area contributed by atoms with Gasteiger partial charge in [-0.1, -0.05) is 39.5 Å². The molecule has 0 saturated carbocycles. The predicted molar refractivity (Wildman–Crippen MR) is 77.7 cm³/mol. The van der Waals surface area contributed by atoms with Crippen molar-refractivity contribution in [3.05, 3.63) is 0 Å². The van der Waals surface area contributed by atoms with Crippen LogP contribution in [-0.4, -0.2) is 91.3 Å². The molecule has 0 amide bonds. The SMILES string of the molecule is CCCCCC.O=C(O)CC(=O)O.[KH].[Li][CH](C)C. The normalized spacial score (nSPS) is 8.17. The summed E-state index contributed by atoms with van der Waals surface area (Å²) in [5.74, 6) is -2.62. The monoisotopic (exact) mass is 280 g/mol. The third-order valence-corrected chi connectivity index (χ3v) is 1.26. The molecule has 0 saturated heterocycles. The second-order valence-electron chi connectivity index (χ2n) is 4.40. The number of carboxylic acids is 2. The summed E-state index contributed by atoms with van der Waals surface area (Å²) in [5, 5.41) is 15.4. The molecule has 0 rings (SSSR count). The van der Waals surface area contributed by atoms with Gasteiger partial charge in [0.25, 0.3) is 0 Å². The molecule has 0 spiro atoms. The molecule has 0 radical (unpaired) electrons. The zero-order valence-corrected chi connectivity index (χ0v) is 11.8. The van der Waals surface area contributed by atoms with Gasteiger partial charge in [0.2, 0.25) is 0 Å². The predicted octanol–water partition coefficient (Wildman–Crippen LogP) is 2.47. The van der Waals surface area contributed by atoms with E-state index in [1.54, 1.807) is 0 Å². The fraction of sp³-hybridized carbons (Fsp3) is 0.833. The van der Waals surface area contributed by atoms with Gasteiger partial charge in [0.1, 0.15) is 6.42 Å². The molecule has 0 aliphatic carbocycles. The van der Waals surface area contributed by atoms with E-state index >= 15 is 0 Å². The van der Waals surface area contributed by atoms with Crippen LogP contribution in [0.4, 0.5) is 0 Å². The topological polar surface area (TPSA) is 74.6 Å². The first-order valence-electron chi connectivity index (χ1n) is 6.21. The Kier molecular flexibility index (Phi) is 35.6. The van der Waals surface area contributed by atoms with Gasteiger partial charge in [0.15, 0.2) is 0 Å². The molecule has 18 heavy (non-hydrogen) atoms. The van der Waals surface area contributed by atoms with Crippen LogP contribution < -0.4 is 0 Å². The van der Waals surface area contributed by atoms with Crippen LogP contribution in [0.25, 0.3) is 0 Å². The Bertz CT molecular complexity index is 168. The summed E-state index contributed by atoms with van der Waals surface area (Å²) in [6, 6.07) is 0. The van der Waals surface area contributed by atoms with E-state index in [-0.39, 0.29) is 51.4 Å². The molecule has 100 valence electrons. The third kappa shape index (κ3) is 67.2. The minimum absolute atomic E-state index is 0. The van der Waals surface area contributed by atoms with Gasteiger partial charge in [0, 0.05) is 0 Å². The molecule has 2 N–H and O–H groups in total. The Morgan fingerprint density at radius 3 is 1.28 bits per heavy atom. The van der Waals surface area contributed by atoms with Crippen molar-refractivity contribution in [3.8, 4) is 0 Å². The fourth-order valence-corrected chi connectivity index (χ4v) is 0.629. The standard InChI is InChI=1S/C6H14.C3H4O4.C3H7.K.Li.H/c1-3-5-6-4-2;4-2(5)1-3(6)7;1-3-2;;;/h3-6H2,1-2H3;1H2,(H,4,5)(H,6,7);3H,1-2H3;;;. The average Bonchev–Trinajstić information content (AvgIpc) is 2.12. The Hall–Kier alpha value is 1.17. The summed E-state index contributed by atoms with van der Waals surface area (Å²) >= 11 is 2.17. The van der Waals surface area contributed by atoms with E-state index in [9.17, 15) is 9.59 Å². The van der Waals surface area contributed by atoms with Crippen molar-refractivity contribution in [1.29, 1.82) is 0 Å². The van der Waals surface area contributed by atoms with E-state index in [1.807, 2.05) is 0 Å². The molecule has 0 fully saturated rings. The van der Waals surface area contributed by atoms with E-state index < -0.39 is 18.4 Å². The van der Waals surface area contributed by atoms with Crippen LogP contribution >= 0.6 is 0 Å². The van der Waals surface area contributed by atoms with Gasteiger partial charge in [-0.05, 0) is 0 Å². The summed E-state index contributed by atoms with van der Waals surface area (Å²) in [6.45, 7) is 8.80. The molecule has 0 aliphatic rings. The maximum atomic E-state index is 9.43. The molecule has 0 aromatic carbocycles. The molecule has 6 heteroatoms. The summed E-state index contributed by atoms with van der Waals surface area (Å²) in [7, 11) is 0. The van der Waals surface area contributed by atoms with Crippen molar-refractivity contribution in [2.45, 2.75) is 64.4 Å². The molecule has 0 unspecified atom stereocenters. The number of hydrogen-bond acceptors (Lipinski definition) is 2. The summed E-state index contributed by atoms with van der Waals surface area (Å²) in [4.78, 5) is 18.9. The molecular weight excluding hydrogens is 254 g/mol. The molecular formula is C12H26KLiO4. The Labute approximate surface area is 163 Å². The molecule has 0 atom stereocenters. The molecule has 0 aromatic heterocycles. The van der Waals surface area contributed by atoms with Gasteiger partial charge >= 0.3 is 99.5 Å². The summed E-state index contributed by atoms with van der Waals surface area (Å²) in [5.41, 5.74) is 0. The van der Waals surface area contributed by atoms with Gasteiger partial charge < -0.3 is 10.2 Å². The Morgan fingerprint density at radius 1 is 1.00 bits per heavy atom. The number of carbonyl (C=O) groups is 2. The molecule has 0 aliphatic heterocycles. The van der Waals surface area contributed by atoms with E-state index in [1.165, 1.54) is 25.7 Å². The first kappa shape index (κ1) is 27.5. The van der Waals surface area contributed by atoms with Gasteiger partial charge in [-0.2, -0.15) is 0 Å². The molecule has 0 aromatic rings. The number of unbranched alkanes of at least 4 members (excludes halogenated alkanes) is 3. The minimum atomic E-state index is -1.31. The van der Waals surface area contributed by atoms with Crippen LogP contribution in [0, 0.1) is 0 Å². The third-order valence-electron chi connectivity index (χ3n) is 1.26. The van der Waals surface area contributed by atoms with Gasteiger partial charge in [-0.3, -0.25) is 9.59 Å². The number of rotatable bonds is 5. The van der Waals surface area contributed by atoms with Crippen LogP contribution in [0.3, 0.4) is 0 Å². The van der Waals surface area contributed by atoms with Crippen LogP contribution in [0.1, 0.15) is 59.8 Å². The van der Waals surface area contributed by atoms with Gasteiger partial charge in [-0.15, -0.1) is 0 Å². The van der Waals surface area contributed by atoms with E-state index in [0.29, 0.717) is 0 Å². The maximum absolute atomic E-state index is 9.43. The molecule has 0 bridgehead atoms. The fourth-order valence-electron chi connectivity index (χ4n) is 0.629. The van der Waals surface area contributed by atoms with E-state index in [2.05, 4.69) is 45.4 Å². The summed E-state index contributed by atoms with van der Waals surface area (Å²) < 4.78 is 0.833. The van der Waals surface area contributed by atoms with Crippen molar-refractivity contribution < 1.29 is 19.8 Å². The first-order valence-corrected chi connectivity index (χ1v) is 6.21. The quantitative estimate of drug-likeness (QED) is 0.461. The van der Waals surface area contributed by atoms with E-state index in [0.717, 1.165) is 4.59 Å². The number of hydrogen-bond donors (Lipinski definition) is 2. The van der Waals surface area contributed by atoms with Crippen molar-refractivity contribution in [1.82, 2.24) is 0 Å². The van der Waals surface area contributed by atoms with Crippen LogP contribution in [-0.2, 0) is 9.59 Å². The first-order chi connectivity index (χ1) is 7.77. The number of aliphatic carboxylic acids is 2. The van der Waals surface area contributed by atoms with Crippen molar-refractivity contribution in [2.24, 2.45) is 0 Å². The second-order valence-corrected chi connectivity index (χ2v) is 4.40. The van der Waals surface area contributed by atoms with Crippen molar-refractivity contribution >= 4 is 81.0 Å². The summed E-state index contributed by atoms with van der Waals surface area (Å²) in [6.07, 6.45) is 4.73. The zero-order chi connectivity index (χ0) is 14.3. The van der Waals surface area contributed by atoms with Gasteiger partial charge in [0.05, 0.1) is 0 Å². The van der Waals surface area contributed by atoms with Crippen LogP contribution in [0.5, 0.6) is 0 Å². The van der Waals surface area contributed by atoms with Crippen molar-refractivity contribution in [2.75, 3.05) is 0 Å².